The summed E-state index contributed by atoms with van der Waals surface area (Å²) >= 11 is 0. The molecular formula is C25H22N4O5. The number of hydrogen-bond acceptors (Lipinski definition) is 6. The largest absolute Gasteiger partial charge is 0.482 e. The second-order valence-electron chi connectivity index (χ2n) is 7.79. The van der Waals surface area contributed by atoms with Crippen LogP contribution in [0.25, 0.3) is 0 Å². The third-order valence-corrected chi connectivity index (χ3v) is 5.57. The molecule has 0 saturated carbocycles. The van der Waals surface area contributed by atoms with E-state index in [-0.39, 0.29) is 18.1 Å². The van der Waals surface area contributed by atoms with Crippen LogP contribution in [0.5, 0.6) is 5.75 Å². The fraction of sp³-hybridized carbons (Fsp3) is 0.200. The molecular weight excluding hydrogens is 436 g/mol. The lowest BCUT2D eigenvalue weighted by Gasteiger charge is -2.18. The molecule has 9 nitrogen and oxygen atoms in total. The molecule has 172 valence electrons. The van der Waals surface area contributed by atoms with Gasteiger partial charge < -0.3 is 24.7 Å². The summed E-state index contributed by atoms with van der Waals surface area (Å²) in [5.41, 5.74) is 3.64. The Morgan fingerprint density at radius 1 is 1.21 bits per heavy atom. The summed E-state index contributed by atoms with van der Waals surface area (Å²) in [5, 5.41) is 15.0. The maximum absolute atomic E-state index is 12.6. The number of rotatable bonds is 6. The van der Waals surface area contributed by atoms with E-state index >= 15 is 0 Å². The van der Waals surface area contributed by atoms with E-state index in [0.717, 1.165) is 16.8 Å². The Kier molecular flexibility index (Phi) is 6.32. The number of esters is 1. The van der Waals surface area contributed by atoms with Crippen molar-refractivity contribution in [3.63, 3.8) is 0 Å². The molecule has 3 aromatic rings. The van der Waals surface area contributed by atoms with Crippen LogP contribution in [0, 0.1) is 25.2 Å². The highest BCUT2D eigenvalue weighted by Crippen LogP contribution is 2.29. The number of ether oxygens (including phenoxy) is 2. The average molecular weight is 458 g/mol. The second kappa shape index (κ2) is 9.50. The molecule has 2 aromatic carbocycles. The fourth-order valence-electron chi connectivity index (χ4n) is 3.68. The smallest absolute Gasteiger partial charge is 0.338 e. The van der Waals surface area contributed by atoms with Crippen LogP contribution in [0.3, 0.4) is 0 Å². The van der Waals surface area contributed by atoms with Crippen molar-refractivity contribution in [2.24, 2.45) is 0 Å². The number of benzene rings is 2. The van der Waals surface area contributed by atoms with Gasteiger partial charge in [-0.1, -0.05) is 30.3 Å². The number of fused-ring (bicyclic) bond motifs is 1. The first kappa shape index (κ1) is 22.6. The van der Waals surface area contributed by atoms with E-state index in [1.807, 2.05) is 48.7 Å². The summed E-state index contributed by atoms with van der Waals surface area (Å²) in [4.78, 5) is 36.4. The van der Waals surface area contributed by atoms with Crippen molar-refractivity contribution in [1.29, 1.82) is 5.26 Å². The van der Waals surface area contributed by atoms with E-state index in [4.69, 9.17) is 9.47 Å². The van der Waals surface area contributed by atoms with Gasteiger partial charge in [-0.05, 0) is 43.2 Å². The van der Waals surface area contributed by atoms with Gasteiger partial charge in [0.15, 0.2) is 13.2 Å². The SMILES string of the molecule is Cc1c(C#N)c(NC(=O)COC(=O)c2ccc3c(c2)OCC(=O)N3)n(Cc2ccccc2)c1C. The quantitative estimate of drug-likeness (QED) is 0.547. The van der Waals surface area contributed by atoms with Gasteiger partial charge in [0.05, 0.1) is 16.8 Å². The first-order chi connectivity index (χ1) is 16.4. The molecule has 1 aromatic heterocycles. The fourth-order valence-corrected chi connectivity index (χ4v) is 3.68. The summed E-state index contributed by atoms with van der Waals surface area (Å²) in [6.45, 7) is 3.50. The number of carbonyl (C=O) groups excluding carboxylic acids is 3. The van der Waals surface area contributed by atoms with Crippen LogP contribution in [-0.2, 0) is 20.9 Å². The summed E-state index contributed by atoms with van der Waals surface area (Å²) in [6.07, 6.45) is 0. The van der Waals surface area contributed by atoms with Gasteiger partial charge >= 0.3 is 5.97 Å². The Labute approximate surface area is 195 Å². The monoisotopic (exact) mass is 458 g/mol. The highest BCUT2D eigenvalue weighted by Gasteiger charge is 2.22. The highest BCUT2D eigenvalue weighted by atomic mass is 16.5. The number of hydrogen-bond donors (Lipinski definition) is 2. The first-order valence-corrected chi connectivity index (χ1v) is 10.5. The number of carbonyl (C=O) groups is 3. The Bertz CT molecular complexity index is 1320. The van der Waals surface area contributed by atoms with Gasteiger partial charge in [-0.2, -0.15) is 5.26 Å². The number of aromatic nitrogens is 1. The third-order valence-electron chi connectivity index (χ3n) is 5.57. The van der Waals surface area contributed by atoms with E-state index in [1.165, 1.54) is 18.2 Å². The second-order valence-corrected chi connectivity index (χ2v) is 7.79. The molecule has 0 radical (unpaired) electrons. The Morgan fingerprint density at radius 3 is 2.71 bits per heavy atom. The van der Waals surface area contributed by atoms with Gasteiger partial charge in [0.25, 0.3) is 11.8 Å². The maximum atomic E-state index is 12.6. The zero-order chi connectivity index (χ0) is 24.2. The van der Waals surface area contributed by atoms with Crippen molar-refractivity contribution in [3.8, 4) is 11.8 Å². The number of nitrogens with zero attached hydrogens (tertiary/aromatic N) is 2. The Hall–Kier alpha value is -4.58. The van der Waals surface area contributed by atoms with Crippen molar-refractivity contribution in [1.82, 2.24) is 4.57 Å². The van der Waals surface area contributed by atoms with Crippen molar-refractivity contribution >= 4 is 29.3 Å². The molecule has 0 fully saturated rings. The lowest BCUT2D eigenvalue weighted by atomic mass is 10.1. The normalized spacial score (nSPS) is 12.1. The zero-order valence-corrected chi connectivity index (χ0v) is 18.7. The molecule has 0 atom stereocenters. The standard InChI is InChI=1S/C25H22N4O5/c1-15-16(2)29(12-17-6-4-3-5-7-17)24(19(15)11-26)28-23(31)14-34-25(32)18-8-9-20-21(10-18)33-13-22(30)27-20/h3-10H,12-14H2,1-2H3,(H,27,30)(H,28,31). The predicted octanol–water partition coefficient (Wildman–Crippen LogP) is 3.15. The molecule has 1 aliphatic rings. The minimum Gasteiger partial charge on any atom is -0.482 e. The van der Waals surface area contributed by atoms with Crippen LogP contribution in [-0.4, -0.2) is 35.6 Å². The molecule has 2 N–H and O–H groups in total. The molecule has 2 heterocycles. The third kappa shape index (κ3) is 4.61. The van der Waals surface area contributed by atoms with Crippen LogP contribution in [0.2, 0.25) is 0 Å². The molecule has 9 heteroatoms. The molecule has 2 amide bonds. The number of anilines is 2. The molecule has 1 aliphatic heterocycles. The number of amides is 2. The first-order valence-electron chi connectivity index (χ1n) is 10.5. The zero-order valence-electron chi connectivity index (χ0n) is 18.7. The number of nitrogens with one attached hydrogen (secondary N) is 2. The van der Waals surface area contributed by atoms with Gasteiger partial charge in [-0.3, -0.25) is 9.59 Å². The molecule has 34 heavy (non-hydrogen) atoms. The molecule has 0 aliphatic carbocycles. The summed E-state index contributed by atoms with van der Waals surface area (Å²) in [7, 11) is 0. The van der Waals surface area contributed by atoms with Crippen LogP contribution in [0.4, 0.5) is 11.5 Å². The van der Waals surface area contributed by atoms with Crippen molar-refractivity contribution < 1.29 is 23.9 Å². The molecule has 0 spiro atoms. The predicted molar refractivity (Wildman–Crippen MR) is 124 cm³/mol. The van der Waals surface area contributed by atoms with E-state index in [1.54, 1.807) is 0 Å². The Balaban J connectivity index is 1.46. The molecule has 0 bridgehead atoms. The van der Waals surface area contributed by atoms with Crippen LogP contribution in [0.15, 0.2) is 48.5 Å². The lowest BCUT2D eigenvalue weighted by Crippen LogP contribution is -2.26. The van der Waals surface area contributed by atoms with Gasteiger partial charge in [-0.15, -0.1) is 0 Å². The van der Waals surface area contributed by atoms with Gasteiger partial charge in [-0.25, -0.2) is 4.79 Å². The van der Waals surface area contributed by atoms with E-state index in [2.05, 4.69) is 16.7 Å². The average Bonchev–Trinajstić information content (AvgIpc) is 3.06. The van der Waals surface area contributed by atoms with E-state index in [0.29, 0.717) is 29.4 Å². The minimum absolute atomic E-state index is 0.142. The summed E-state index contributed by atoms with van der Waals surface area (Å²) < 4.78 is 12.3. The van der Waals surface area contributed by atoms with Crippen LogP contribution < -0.4 is 15.4 Å². The van der Waals surface area contributed by atoms with Crippen LogP contribution >= 0.6 is 0 Å². The summed E-state index contributed by atoms with van der Waals surface area (Å²) in [6, 6.07) is 16.3. The minimum atomic E-state index is -0.717. The van der Waals surface area contributed by atoms with Crippen molar-refractivity contribution in [2.75, 3.05) is 23.8 Å². The maximum Gasteiger partial charge on any atom is 0.338 e. The molecule has 0 unspecified atom stereocenters. The van der Waals surface area contributed by atoms with Gasteiger partial charge in [0.2, 0.25) is 0 Å². The number of nitriles is 1. The van der Waals surface area contributed by atoms with E-state index < -0.39 is 18.5 Å². The molecule has 4 rings (SSSR count). The van der Waals surface area contributed by atoms with Crippen LogP contribution in [0.1, 0.15) is 32.7 Å². The topological polar surface area (TPSA) is 122 Å². The lowest BCUT2D eigenvalue weighted by molar-refractivity contribution is -0.119. The Morgan fingerprint density at radius 2 is 1.97 bits per heavy atom. The summed E-state index contributed by atoms with van der Waals surface area (Å²) in [5.74, 6) is -0.856. The molecule has 0 saturated heterocycles. The van der Waals surface area contributed by atoms with Gasteiger partial charge in [0.1, 0.15) is 17.6 Å². The van der Waals surface area contributed by atoms with E-state index in [9.17, 15) is 19.6 Å². The van der Waals surface area contributed by atoms with Crippen molar-refractivity contribution in [3.05, 3.63) is 76.5 Å². The highest BCUT2D eigenvalue weighted by molar-refractivity contribution is 5.99. The van der Waals surface area contributed by atoms with Crippen molar-refractivity contribution in [2.45, 2.75) is 20.4 Å². The van der Waals surface area contributed by atoms with Gasteiger partial charge in [0, 0.05) is 12.2 Å².